The second kappa shape index (κ2) is 2.34. The van der Waals surface area contributed by atoms with Crippen molar-refractivity contribution in [2.75, 3.05) is 0 Å². The first-order valence-electron chi connectivity index (χ1n) is 3.51. The molecule has 1 aliphatic heterocycles. The summed E-state index contributed by atoms with van der Waals surface area (Å²) < 4.78 is 0. The van der Waals surface area contributed by atoms with Crippen LogP contribution in [0.2, 0.25) is 0 Å². The van der Waals surface area contributed by atoms with Gasteiger partial charge in [0, 0.05) is 0 Å². The average molecular weight is 143 g/mol. The quantitative estimate of drug-likeness (QED) is 0.429. The highest BCUT2D eigenvalue weighted by Gasteiger charge is 2.21. The van der Waals surface area contributed by atoms with Gasteiger partial charge in [-0.15, -0.1) is 5.09 Å². The molecule has 0 saturated heterocycles. The average Bonchev–Trinajstić information content (AvgIpc) is 2.47. The molecule has 0 spiro atoms. The molecule has 2 nitrogen and oxygen atoms in total. The molecule has 2 rings (SSSR count). The fourth-order valence-corrected chi connectivity index (χ4v) is 1.32. The van der Waals surface area contributed by atoms with Gasteiger partial charge in [-0.3, -0.25) is 0 Å². The predicted octanol–water partition coefficient (Wildman–Crippen LogP) is 1.22. The third-order valence-electron chi connectivity index (χ3n) is 1.89. The lowest BCUT2D eigenvalue weighted by Crippen LogP contribution is -2.23. The van der Waals surface area contributed by atoms with E-state index in [0.29, 0.717) is 0 Å². The van der Waals surface area contributed by atoms with Crippen molar-refractivity contribution >= 4 is 18.4 Å². The maximum absolute atomic E-state index is 10.3. The van der Waals surface area contributed by atoms with Crippen molar-refractivity contribution in [3.8, 4) is 0 Å². The number of hydrogen-bond donors (Lipinski definition) is 0. The highest BCUT2D eigenvalue weighted by Crippen LogP contribution is 2.09. The van der Waals surface area contributed by atoms with Gasteiger partial charge >= 0.3 is 6.85 Å². The Balaban J connectivity index is 2.53. The number of rotatable bonds is 1. The number of nitroso groups, excluding NO2 is 1. The van der Waals surface area contributed by atoms with Gasteiger partial charge < -0.3 is 0 Å². The van der Waals surface area contributed by atoms with Gasteiger partial charge in [0.2, 0.25) is 0 Å². The van der Waals surface area contributed by atoms with Gasteiger partial charge in [-0.25, -0.2) is 0 Å². The molecule has 1 heterocycles. The lowest BCUT2D eigenvalue weighted by molar-refractivity contribution is 1.69. The van der Waals surface area contributed by atoms with Gasteiger partial charge in [0.05, 0.1) is 0 Å². The van der Waals surface area contributed by atoms with Crippen molar-refractivity contribution < 1.29 is 0 Å². The zero-order valence-electron chi connectivity index (χ0n) is 5.90. The molecule has 0 bridgehead atoms. The summed E-state index contributed by atoms with van der Waals surface area (Å²) in [5, 5.41) is 2.99. The fraction of sp³-hybridized carbons (Fsp3) is 0. The minimum Gasteiger partial charge on any atom is -0.167 e. The molecule has 0 radical (unpaired) electrons. The third kappa shape index (κ3) is 0.890. The first kappa shape index (κ1) is 6.34. The van der Waals surface area contributed by atoms with Crippen LogP contribution >= 0.6 is 0 Å². The van der Waals surface area contributed by atoms with Gasteiger partial charge in [-0.1, -0.05) is 36.3 Å². The van der Waals surface area contributed by atoms with Crippen molar-refractivity contribution in [2.45, 2.75) is 0 Å². The van der Waals surface area contributed by atoms with Gasteiger partial charge in [-0.05, 0) is 11.0 Å². The fourth-order valence-electron chi connectivity index (χ4n) is 1.32. The standard InChI is InChI=1S/C8H6BNO/c11-10-9-6-5-7-3-1-2-4-8(7)9/h1-6H. The summed E-state index contributed by atoms with van der Waals surface area (Å²) in [6.07, 6.45) is 1.93. The highest BCUT2D eigenvalue weighted by atomic mass is 16.2. The number of fused-ring (bicyclic) bond motifs is 1. The molecule has 11 heavy (non-hydrogen) atoms. The number of hydrogen-bond acceptors (Lipinski definition) is 2. The van der Waals surface area contributed by atoms with E-state index in [2.05, 4.69) is 5.09 Å². The van der Waals surface area contributed by atoms with Crippen molar-refractivity contribution in [1.29, 1.82) is 0 Å². The minimum absolute atomic E-state index is 0.258. The van der Waals surface area contributed by atoms with Crippen LogP contribution in [0.3, 0.4) is 0 Å². The Kier molecular flexibility index (Phi) is 1.35. The summed E-state index contributed by atoms with van der Waals surface area (Å²) >= 11 is 0. The van der Waals surface area contributed by atoms with Gasteiger partial charge in [0.15, 0.2) is 0 Å². The molecule has 0 atom stereocenters. The molecule has 1 aromatic rings. The molecule has 52 valence electrons. The van der Waals surface area contributed by atoms with Crippen LogP contribution in [-0.4, -0.2) is 6.85 Å². The topological polar surface area (TPSA) is 29.4 Å². The molecule has 0 aromatic heterocycles. The Morgan fingerprint density at radius 2 is 2.09 bits per heavy atom. The van der Waals surface area contributed by atoms with E-state index in [-0.39, 0.29) is 6.85 Å². The van der Waals surface area contributed by atoms with Crippen LogP contribution in [0.4, 0.5) is 0 Å². The third-order valence-corrected chi connectivity index (χ3v) is 1.89. The zero-order valence-corrected chi connectivity index (χ0v) is 5.90. The van der Waals surface area contributed by atoms with E-state index in [1.54, 1.807) is 0 Å². The summed E-state index contributed by atoms with van der Waals surface area (Å²) in [6, 6.07) is 7.79. The number of nitrogens with zero attached hydrogens (tertiary/aromatic N) is 1. The molecule has 1 aromatic carbocycles. The predicted molar refractivity (Wildman–Crippen MR) is 46.7 cm³/mol. The molecule has 0 aliphatic carbocycles. The van der Waals surface area contributed by atoms with Crippen LogP contribution in [0.1, 0.15) is 5.56 Å². The molecule has 1 aliphatic rings. The molecular formula is C8H6BNO. The lowest BCUT2D eigenvalue weighted by Gasteiger charge is -1.96. The minimum atomic E-state index is -0.258. The van der Waals surface area contributed by atoms with E-state index in [4.69, 9.17) is 0 Å². The first-order valence-corrected chi connectivity index (χ1v) is 3.51. The maximum Gasteiger partial charge on any atom is 0.395 e. The molecule has 0 unspecified atom stereocenters. The summed E-state index contributed by atoms with van der Waals surface area (Å²) in [5.74, 6) is 1.82. The zero-order chi connectivity index (χ0) is 7.68. The Bertz CT molecular complexity index is 322. The second-order valence-corrected chi connectivity index (χ2v) is 2.54. The summed E-state index contributed by atoms with van der Waals surface area (Å²) in [4.78, 5) is 10.3. The largest absolute Gasteiger partial charge is 0.395 e. The Morgan fingerprint density at radius 3 is 2.91 bits per heavy atom. The normalized spacial score (nSPS) is 13.3. The molecule has 0 amide bonds. The Hall–Kier alpha value is -1.38. The van der Waals surface area contributed by atoms with E-state index in [1.165, 1.54) is 0 Å². The van der Waals surface area contributed by atoms with Crippen LogP contribution < -0.4 is 5.46 Å². The summed E-state index contributed by atoms with van der Waals surface area (Å²) in [5.41, 5.74) is 2.12. The SMILES string of the molecule is O=NB1C=Cc2ccccc21. The van der Waals surface area contributed by atoms with Crippen molar-refractivity contribution in [3.05, 3.63) is 40.7 Å². The van der Waals surface area contributed by atoms with Gasteiger partial charge in [0.1, 0.15) is 0 Å². The Morgan fingerprint density at radius 1 is 1.27 bits per heavy atom. The van der Waals surface area contributed by atoms with Crippen LogP contribution in [0.15, 0.2) is 35.3 Å². The van der Waals surface area contributed by atoms with Gasteiger partial charge in [0.25, 0.3) is 0 Å². The number of benzene rings is 1. The molecule has 3 heteroatoms. The first-order chi connectivity index (χ1) is 5.42. The van der Waals surface area contributed by atoms with Crippen molar-refractivity contribution in [1.82, 2.24) is 0 Å². The van der Waals surface area contributed by atoms with Crippen LogP contribution in [0.5, 0.6) is 0 Å². The molecular weight excluding hydrogens is 137 g/mol. The highest BCUT2D eigenvalue weighted by molar-refractivity contribution is 6.79. The van der Waals surface area contributed by atoms with E-state index >= 15 is 0 Å². The van der Waals surface area contributed by atoms with Crippen LogP contribution in [0, 0.1) is 4.91 Å². The van der Waals surface area contributed by atoms with E-state index in [9.17, 15) is 4.91 Å². The smallest absolute Gasteiger partial charge is 0.167 e. The summed E-state index contributed by atoms with van der Waals surface area (Å²) in [6.45, 7) is -0.258. The van der Waals surface area contributed by atoms with Crippen LogP contribution in [-0.2, 0) is 0 Å². The Labute approximate surface area is 65.0 Å². The van der Waals surface area contributed by atoms with Crippen molar-refractivity contribution in [3.63, 3.8) is 0 Å². The molecule has 0 saturated carbocycles. The lowest BCUT2D eigenvalue weighted by atomic mass is 9.60. The molecule has 0 fully saturated rings. The monoisotopic (exact) mass is 143 g/mol. The molecule has 0 N–H and O–H groups in total. The van der Waals surface area contributed by atoms with Gasteiger partial charge in [-0.2, -0.15) is 4.91 Å². The van der Waals surface area contributed by atoms with E-state index in [1.807, 2.05) is 36.3 Å². The van der Waals surface area contributed by atoms with Crippen LogP contribution in [0.25, 0.3) is 6.08 Å². The van der Waals surface area contributed by atoms with Crippen molar-refractivity contribution in [2.24, 2.45) is 5.09 Å². The summed E-state index contributed by atoms with van der Waals surface area (Å²) in [7, 11) is 0. The second-order valence-electron chi connectivity index (χ2n) is 2.54. The van der Waals surface area contributed by atoms with E-state index in [0.717, 1.165) is 11.0 Å². The van der Waals surface area contributed by atoms with E-state index < -0.39 is 0 Å². The maximum atomic E-state index is 10.3.